The Kier molecular flexibility index (Phi) is 7.77. The van der Waals surface area contributed by atoms with Gasteiger partial charge in [0, 0.05) is 19.7 Å². The van der Waals surface area contributed by atoms with Crippen LogP contribution in [0.2, 0.25) is 0 Å². The van der Waals surface area contributed by atoms with E-state index in [1.807, 2.05) is 37.2 Å². The molecule has 1 rings (SSSR count). The Morgan fingerprint density at radius 1 is 1.13 bits per heavy atom. The number of hydrogen-bond acceptors (Lipinski definition) is 6. The third-order valence-electron chi connectivity index (χ3n) is 3.47. The maximum absolute atomic E-state index is 11.9. The molecule has 0 bridgehead atoms. The molecule has 1 unspecified atom stereocenters. The fourth-order valence-electron chi connectivity index (χ4n) is 2.13. The summed E-state index contributed by atoms with van der Waals surface area (Å²) >= 11 is 0. The number of sulfonamides is 1. The van der Waals surface area contributed by atoms with Crippen LogP contribution in [0.5, 0.6) is 11.5 Å². The van der Waals surface area contributed by atoms with Gasteiger partial charge in [0.2, 0.25) is 10.0 Å². The molecule has 1 aromatic rings. The number of hydrogen-bond donors (Lipinski definition) is 1. The second-order valence-electron chi connectivity index (χ2n) is 5.25. The molecule has 132 valence electrons. The Morgan fingerprint density at radius 3 is 2.30 bits per heavy atom. The van der Waals surface area contributed by atoms with Gasteiger partial charge in [-0.15, -0.1) is 0 Å². The number of rotatable bonds is 10. The van der Waals surface area contributed by atoms with Crippen molar-refractivity contribution < 1.29 is 22.6 Å². The zero-order valence-electron chi connectivity index (χ0n) is 14.3. The highest BCUT2D eigenvalue weighted by Crippen LogP contribution is 2.31. The maximum Gasteiger partial charge on any atom is 0.213 e. The summed E-state index contributed by atoms with van der Waals surface area (Å²) < 4.78 is 41.8. The lowest BCUT2D eigenvalue weighted by Gasteiger charge is -2.25. The normalized spacial score (nSPS) is 13.1. The average molecular weight is 346 g/mol. The van der Waals surface area contributed by atoms with Gasteiger partial charge in [-0.05, 0) is 31.8 Å². The summed E-state index contributed by atoms with van der Waals surface area (Å²) in [5, 5.41) is 0. The molecule has 0 heterocycles. The first-order valence-electron chi connectivity index (χ1n) is 7.19. The summed E-state index contributed by atoms with van der Waals surface area (Å²) in [6, 6.07) is 5.43. The van der Waals surface area contributed by atoms with Crippen molar-refractivity contribution in [3.05, 3.63) is 23.8 Å². The summed E-state index contributed by atoms with van der Waals surface area (Å²) in [6.45, 7) is 0.423. The molecule has 0 aliphatic rings. The van der Waals surface area contributed by atoms with E-state index >= 15 is 0 Å². The first-order chi connectivity index (χ1) is 10.8. The van der Waals surface area contributed by atoms with Gasteiger partial charge >= 0.3 is 0 Å². The zero-order chi connectivity index (χ0) is 17.5. The van der Waals surface area contributed by atoms with E-state index in [1.165, 1.54) is 7.11 Å². The van der Waals surface area contributed by atoms with Crippen LogP contribution in [0.4, 0.5) is 0 Å². The predicted octanol–water partition coefficient (Wildman–Crippen LogP) is 0.872. The van der Waals surface area contributed by atoms with Gasteiger partial charge in [0.1, 0.15) is 0 Å². The van der Waals surface area contributed by atoms with Crippen LogP contribution in [-0.2, 0) is 14.8 Å². The van der Waals surface area contributed by atoms with Crippen LogP contribution >= 0.6 is 0 Å². The minimum Gasteiger partial charge on any atom is -0.493 e. The van der Waals surface area contributed by atoms with Crippen molar-refractivity contribution in [2.24, 2.45) is 0 Å². The highest BCUT2D eigenvalue weighted by molar-refractivity contribution is 7.89. The van der Waals surface area contributed by atoms with Crippen molar-refractivity contribution in [3.63, 3.8) is 0 Å². The molecular formula is C15H26N2O5S. The molecule has 0 aromatic heterocycles. The molecule has 0 aliphatic carbocycles. The van der Waals surface area contributed by atoms with E-state index in [-0.39, 0.29) is 24.9 Å². The Bertz CT molecular complexity index is 590. The number of nitrogens with one attached hydrogen (secondary N) is 1. The Morgan fingerprint density at radius 2 is 1.78 bits per heavy atom. The number of likely N-dealkylation sites (N-methyl/N-ethyl adjacent to an activating group) is 1. The molecule has 0 aliphatic heterocycles. The Labute approximate surface area is 138 Å². The van der Waals surface area contributed by atoms with Crippen molar-refractivity contribution in [2.45, 2.75) is 6.04 Å². The quantitative estimate of drug-likeness (QED) is 0.677. The molecule has 1 aromatic carbocycles. The minimum absolute atomic E-state index is 0.0599. The minimum atomic E-state index is -3.37. The van der Waals surface area contributed by atoms with Crippen LogP contribution in [0.15, 0.2) is 18.2 Å². The molecule has 0 saturated heterocycles. The van der Waals surface area contributed by atoms with Gasteiger partial charge in [-0.2, -0.15) is 0 Å². The number of nitrogens with zero attached hydrogens (tertiary/aromatic N) is 1. The molecule has 0 saturated carbocycles. The SMILES string of the molecule is COCCS(=O)(=O)NCC(c1ccc(OC)c(OC)c1)N(C)C. The van der Waals surface area contributed by atoms with Crippen LogP contribution in [0.1, 0.15) is 11.6 Å². The van der Waals surface area contributed by atoms with E-state index < -0.39 is 10.0 Å². The molecular weight excluding hydrogens is 320 g/mol. The first kappa shape index (κ1) is 19.7. The van der Waals surface area contributed by atoms with Gasteiger partial charge in [0.25, 0.3) is 0 Å². The van der Waals surface area contributed by atoms with Crippen LogP contribution < -0.4 is 14.2 Å². The molecule has 1 N–H and O–H groups in total. The fraction of sp³-hybridized carbons (Fsp3) is 0.600. The predicted molar refractivity (Wildman–Crippen MR) is 89.6 cm³/mol. The smallest absolute Gasteiger partial charge is 0.213 e. The molecule has 1 atom stereocenters. The summed E-state index contributed by atoms with van der Waals surface area (Å²) in [6.07, 6.45) is 0. The van der Waals surface area contributed by atoms with Crippen LogP contribution in [0, 0.1) is 0 Å². The van der Waals surface area contributed by atoms with E-state index in [4.69, 9.17) is 14.2 Å². The van der Waals surface area contributed by atoms with Gasteiger partial charge in [-0.1, -0.05) is 6.07 Å². The maximum atomic E-state index is 11.9. The van der Waals surface area contributed by atoms with Crippen molar-refractivity contribution in [3.8, 4) is 11.5 Å². The van der Waals surface area contributed by atoms with E-state index in [0.717, 1.165) is 5.56 Å². The molecule has 0 fully saturated rings. The van der Waals surface area contributed by atoms with Gasteiger partial charge < -0.3 is 19.1 Å². The lowest BCUT2D eigenvalue weighted by molar-refractivity contribution is 0.216. The van der Waals surface area contributed by atoms with Crippen molar-refractivity contribution in [2.75, 3.05) is 54.3 Å². The van der Waals surface area contributed by atoms with Gasteiger partial charge in [0.05, 0.1) is 26.6 Å². The second-order valence-corrected chi connectivity index (χ2v) is 7.18. The second kappa shape index (κ2) is 9.07. The van der Waals surface area contributed by atoms with Crippen molar-refractivity contribution in [1.82, 2.24) is 9.62 Å². The van der Waals surface area contributed by atoms with Crippen LogP contribution in [0.3, 0.4) is 0 Å². The molecule has 0 radical (unpaired) electrons. The summed E-state index contributed by atoms with van der Waals surface area (Å²) in [5.41, 5.74) is 0.932. The zero-order valence-corrected chi connectivity index (χ0v) is 15.1. The fourth-order valence-corrected chi connectivity index (χ4v) is 3.07. The topological polar surface area (TPSA) is 77.1 Å². The van der Waals surface area contributed by atoms with Crippen LogP contribution in [0.25, 0.3) is 0 Å². The monoisotopic (exact) mass is 346 g/mol. The third-order valence-corrected chi connectivity index (χ3v) is 4.78. The van der Waals surface area contributed by atoms with Crippen LogP contribution in [-0.4, -0.2) is 67.6 Å². The molecule has 0 spiro atoms. The molecule has 23 heavy (non-hydrogen) atoms. The number of benzene rings is 1. The summed E-state index contributed by atoms with van der Waals surface area (Å²) in [5.74, 6) is 1.18. The standard InChI is InChI=1S/C15H26N2O5S/c1-17(2)13(11-16-23(18,19)9-8-20-3)12-6-7-14(21-4)15(10-12)22-5/h6-7,10,13,16H,8-9,11H2,1-5H3. The highest BCUT2D eigenvalue weighted by Gasteiger charge is 2.19. The largest absolute Gasteiger partial charge is 0.493 e. The van der Waals surface area contributed by atoms with E-state index in [1.54, 1.807) is 14.2 Å². The van der Waals surface area contributed by atoms with E-state index in [9.17, 15) is 8.42 Å². The Balaban J connectivity index is 2.91. The van der Waals surface area contributed by atoms with Gasteiger partial charge in [-0.3, -0.25) is 0 Å². The van der Waals surface area contributed by atoms with Gasteiger partial charge in [0.15, 0.2) is 11.5 Å². The number of methoxy groups -OCH3 is 3. The van der Waals surface area contributed by atoms with E-state index in [2.05, 4.69) is 4.72 Å². The Hall–Kier alpha value is -1.35. The number of ether oxygens (including phenoxy) is 3. The van der Waals surface area contributed by atoms with Crippen molar-refractivity contribution in [1.29, 1.82) is 0 Å². The van der Waals surface area contributed by atoms with E-state index in [0.29, 0.717) is 11.5 Å². The molecule has 7 nitrogen and oxygen atoms in total. The molecule has 8 heteroatoms. The highest BCUT2D eigenvalue weighted by atomic mass is 32.2. The lowest BCUT2D eigenvalue weighted by atomic mass is 10.1. The first-order valence-corrected chi connectivity index (χ1v) is 8.84. The lowest BCUT2D eigenvalue weighted by Crippen LogP contribution is -2.36. The molecule has 0 amide bonds. The summed E-state index contributed by atoms with van der Waals surface area (Å²) in [4.78, 5) is 1.94. The average Bonchev–Trinajstić information content (AvgIpc) is 2.52. The summed E-state index contributed by atoms with van der Waals surface area (Å²) in [7, 11) is 5.04. The van der Waals surface area contributed by atoms with Gasteiger partial charge in [-0.25, -0.2) is 13.1 Å². The van der Waals surface area contributed by atoms with Crippen molar-refractivity contribution >= 4 is 10.0 Å². The third kappa shape index (κ3) is 5.98.